The van der Waals surface area contributed by atoms with E-state index in [1.807, 2.05) is 0 Å². The molecule has 1 aromatic rings. The summed E-state index contributed by atoms with van der Waals surface area (Å²) in [7, 11) is -1.75. The van der Waals surface area contributed by atoms with Crippen LogP contribution in [0.15, 0.2) is 23.1 Å². The van der Waals surface area contributed by atoms with Gasteiger partial charge in [0.25, 0.3) is 11.5 Å². The highest BCUT2D eigenvalue weighted by atomic mass is 32.2. The predicted octanol–water partition coefficient (Wildman–Crippen LogP) is 0.335. The average molecular weight is 330 g/mol. The van der Waals surface area contributed by atoms with Gasteiger partial charge in [0.05, 0.1) is 0 Å². The first-order valence-corrected chi connectivity index (χ1v) is 9.51. The molecule has 2 heterocycles. The van der Waals surface area contributed by atoms with E-state index in [0.717, 1.165) is 0 Å². The van der Waals surface area contributed by atoms with Crippen LogP contribution in [0.2, 0.25) is 0 Å². The van der Waals surface area contributed by atoms with Gasteiger partial charge in [0.2, 0.25) is 0 Å². The fraction of sp³-hybridized carbons (Fsp3) is 0.538. The van der Waals surface area contributed by atoms with Crippen LogP contribution < -0.4 is 5.56 Å². The van der Waals surface area contributed by atoms with Gasteiger partial charge in [0, 0.05) is 48.7 Å². The molecule has 0 aromatic carbocycles. The minimum atomic E-state index is -3.34. The quantitative estimate of drug-likeness (QED) is 0.798. The van der Waals surface area contributed by atoms with Crippen molar-refractivity contribution in [1.82, 2.24) is 9.47 Å². The summed E-state index contributed by atoms with van der Waals surface area (Å²) in [5.41, 5.74) is -0.0524. The molecule has 1 amide bonds. The lowest BCUT2D eigenvalue weighted by Crippen LogP contribution is -2.50. The van der Waals surface area contributed by atoms with E-state index in [1.165, 1.54) is 33.5 Å². The molecule has 1 aromatic heterocycles. The van der Waals surface area contributed by atoms with Gasteiger partial charge in [-0.15, -0.1) is 0 Å². The number of aryl methyl sites for hydroxylation is 1. The van der Waals surface area contributed by atoms with Gasteiger partial charge < -0.3 is 9.47 Å². The number of carbonyl (C=O) groups is 1. The molecule has 0 aliphatic carbocycles. The van der Waals surface area contributed by atoms with Crippen molar-refractivity contribution in [1.29, 1.82) is 0 Å². The number of hydrogen-bond acceptors (Lipinski definition) is 5. The molecule has 8 heteroatoms. The van der Waals surface area contributed by atoms with E-state index in [2.05, 4.69) is 0 Å². The van der Waals surface area contributed by atoms with Gasteiger partial charge in [-0.3, -0.25) is 9.59 Å². The summed E-state index contributed by atoms with van der Waals surface area (Å²) in [6.07, 6.45) is 1.51. The molecule has 1 saturated heterocycles. The number of pyridine rings is 1. The molecule has 0 saturated carbocycles. The van der Waals surface area contributed by atoms with Gasteiger partial charge in [-0.05, 0) is 6.07 Å². The normalized spacial score (nSPS) is 19.5. The lowest BCUT2D eigenvalue weighted by Gasteiger charge is -2.34. The van der Waals surface area contributed by atoms with E-state index in [1.54, 1.807) is 20.0 Å². The minimum absolute atomic E-state index is 0.00143. The Labute approximate surface area is 128 Å². The second-order valence-electron chi connectivity index (χ2n) is 4.84. The molecule has 0 radical (unpaired) electrons. The third-order valence-corrected chi connectivity index (χ3v) is 6.80. The maximum absolute atomic E-state index is 12.5. The van der Waals surface area contributed by atoms with Crippen LogP contribution in [0, 0.1) is 0 Å². The Balaban J connectivity index is 2.35. The van der Waals surface area contributed by atoms with E-state index in [4.69, 9.17) is 0 Å². The van der Waals surface area contributed by atoms with Gasteiger partial charge in [-0.25, -0.2) is 8.42 Å². The highest BCUT2D eigenvalue weighted by Crippen LogP contribution is 2.23. The van der Waals surface area contributed by atoms with E-state index >= 15 is 0 Å². The van der Waals surface area contributed by atoms with Crippen molar-refractivity contribution in [2.24, 2.45) is 7.05 Å². The number of carbonyl (C=O) groups excluding carboxylic acids is 1. The number of aromatic nitrogens is 1. The van der Waals surface area contributed by atoms with Crippen LogP contribution in [0.5, 0.6) is 0 Å². The standard InChI is InChI=1S/C13H18N2O4S2/c1-3-21(18,19)12-9-20-7-6-15(12)13(17)10-4-5-14(2)11(16)8-10/h4-5,8,12H,3,6-7,9H2,1-2H3. The van der Waals surface area contributed by atoms with Crippen LogP contribution in [-0.2, 0) is 16.9 Å². The molecule has 0 N–H and O–H groups in total. The summed E-state index contributed by atoms with van der Waals surface area (Å²) in [4.78, 5) is 25.6. The molecule has 1 aliphatic rings. The highest BCUT2D eigenvalue weighted by molar-refractivity contribution is 8.01. The van der Waals surface area contributed by atoms with Crippen molar-refractivity contribution in [3.05, 3.63) is 34.2 Å². The van der Waals surface area contributed by atoms with Crippen LogP contribution in [0.1, 0.15) is 17.3 Å². The van der Waals surface area contributed by atoms with Gasteiger partial charge in [-0.1, -0.05) is 6.92 Å². The van der Waals surface area contributed by atoms with Gasteiger partial charge in [0.1, 0.15) is 5.37 Å². The summed E-state index contributed by atoms with van der Waals surface area (Å²) in [6.45, 7) is 1.96. The predicted molar refractivity (Wildman–Crippen MR) is 83.3 cm³/mol. The van der Waals surface area contributed by atoms with Crippen LogP contribution >= 0.6 is 11.8 Å². The van der Waals surface area contributed by atoms with Crippen LogP contribution in [-0.4, -0.2) is 53.0 Å². The molecular formula is C13H18N2O4S2. The monoisotopic (exact) mass is 330 g/mol. The number of amides is 1. The molecule has 116 valence electrons. The fourth-order valence-corrected chi connectivity index (χ4v) is 5.12. The number of hydrogen-bond donors (Lipinski definition) is 0. The van der Waals surface area contributed by atoms with Crippen molar-refractivity contribution in [2.75, 3.05) is 23.8 Å². The third kappa shape index (κ3) is 3.32. The number of thioether (sulfide) groups is 1. The van der Waals surface area contributed by atoms with E-state index < -0.39 is 21.1 Å². The van der Waals surface area contributed by atoms with Gasteiger partial charge in [0.15, 0.2) is 9.84 Å². The highest BCUT2D eigenvalue weighted by Gasteiger charge is 2.36. The van der Waals surface area contributed by atoms with Crippen LogP contribution in [0.25, 0.3) is 0 Å². The molecule has 0 bridgehead atoms. The van der Waals surface area contributed by atoms with Crippen LogP contribution in [0.3, 0.4) is 0 Å². The Bertz CT molecular complexity index is 696. The van der Waals surface area contributed by atoms with E-state index in [9.17, 15) is 18.0 Å². The Morgan fingerprint density at radius 2 is 2.19 bits per heavy atom. The van der Waals surface area contributed by atoms with Crippen molar-refractivity contribution < 1.29 is 13.2 Å². The van der Waals surface area contributed by atoms with Crippen molar-refractivity contribution in [3.8, 4) is 0 Å². The van der Waals surface area contributed by atoms with Gasteiger partial charge in [-0.2, -0.15) is 11.8 Å². The first-order valence-electron chi connectivity index (χ1n) is 6.64. The lowest BCUT2D eigenvalue weighted by atomic mass is 10.2. The smallest absolute Gasteiger partial charge is 0.255 e. The second-order valence-corrected chi connectivity index (χ2v) is 8.44. The van der Waals surface area contributed by atoms with Gasteiger partial charge >= 0.3 is 0 Å². The third-order valence-electron chi connectivity index (χ3n) is 3.51. The van der Waals surface area contributed by atoms with Crippen molar-refractivity contribution in [3.63, 3.8) is 0 Å². The molecule has 1 atom stereocenters. The Kier molecular flexibility index (Phi) is 4.77. The molecule has 1 unspecified atom stereocenters. The number of sulfone groups is 1. The second kappa shape index (κ2) is 6.23. The van der Waals surface area contributed by atoms with Crippen LogP contribution in [0.4, 0.5) is 0 Å². The molecular weight excluding hydrogens is 312 g/mol. The van der Waals surface area contributed by atoms with Crippen molar-refractivity contribution in [2.45, 2.75) is 12.3 Å². The Morgan fingerprint density at radius 1 is 1.48 bits per heavy atom. The number of rotatable bonds is 3. The zero-order valence-corrected chi connectivity index (χ0v) is 13.6. The number of nitrogens with zero attached hydrogens (tertiary/aromatic N) is 2. The minimum Gasteiger partial charge on any atom is -0.320 e. The maximum atomic E-state index is 12.5. The zero-order chi connectivity index (χ0) is 15.6. The summed E-state index contributed by atoms with van der Waals surface area (Å²) in [6, 6.07) is 2.79. The zero-order valence-electron chi connectivity index (χ0n) is 12.0. The molecule has 1 fully saturated rings. The summed E-state index contributed by atoms with van der Waals surface area (Å²) in [5, 5.41) is -0.808. The first-order chi connectivity index (χ1) is 9.86. The summed E-state index contributed by atoms with van der Waals surface area (Å²) >= 11 is 1.53. The lowest BCUT2D eigenvalue weighted by molar-refractivity contribution is 0.0749. The fourth-order valence-electron chi connectivity index (χ4n) is 2.15. The molecule has 1 aliphatic heterocycles. The molecule has 21 heavy (non-hydrogen) atoms. The average Bonchev–Trinajstić information content (AvgIpc) is 2.49. The van der Waals surface area contributed by atoms with Crippen molar-refractivity contribution >= 4 is 27.5 Å². The largest absolute Gasteiger partial charge is 0.320 e. The molecule has 2 rings (SSSR count). The van der Waals surface area contributed by atoms with E-state index in [0.29, 0.717) is 18.1 Å². The summed E-state index contributed by atoms with van der Waals surface area (Å²) < 4.78 is 25.7. The topological polar surface area (TPSA) is 76.5 Å². The Morgan fingerprint density at radius 3 is 2.81 bits per heavy atom. The first kappa shape index (κ1) is 16.1. The molecule has 6 nitrogen and oxygen atoms in total. The van der Waals surface area contributed by atoms with E-state index in [-0.39, 0.29) is 16.9 Å². The Hall–Kier alpha value is -1.28. The SMILES string of the molecule is CCS(=O)(=O)C1CSCCN1C(=O)c1ccn(C)c(=O)c1. The maximum Gasteiger partial charge on any atom is 0.255 e. The molecule has 0 spiro atoms. The summed E-state index contributed by atoms with van der Waals surface area (Å²) in [5.74, 6) is 0.687.